The highest BCUT2D eigenvalue weighted by Gasteiger charge is 2.17. The summed E-state index contributed by atoms with van der Waals surface area (Å²) in [6, 6.07) is 7.20. The number of hydrogen-bond donors (Lipinski definition) is 0. The van der Waals surface area contributed by atoms with E-state index in [1.54, 1.807) is 21.4 Å². The topological polar surface area (TPSA) is 31.9 Å². The van der Waals surface area contributed by atoms with Gasteiger partial charge in [-0.3, -0.25) is 4.68 Å². The van der Waals surface area contributed by atoms with Gasteiger partial charge < -0.3 is 0 Å². The molecule has 18 heavy (non-hydrogen) atoms. The molecular formula is C12H12ClN3OS. The van der Waals surface area contributed by atoms with Crippen LogP contribution in [0.5, 0.6) is 0 Å². The third-order valence-electron chi connectivity index (χ3n) is 3.17. The third kappa shape index (κ3) is 1.74. The minimum Gasteiger partial charge on any atom is -0.256 e. The van der Waals surface area contributed by atoms with Gasteiger partial charge in [0, 0.05) is 18.1 Å². The van der Waals surface area contributed by atoms with E-state index < -0.39 is 0 Å². The molecule has 0 saturated carbocycles. The second kappa shape index (κ2) is 4.40. The summed E-state index contributed by atoms with van der Waals surface area (Å²) in [7, 11) is 0. The van der Waals surface area contributed by atoms with E-state index in [2.05, 4.69) is 0 Å². The van der Waals surface area contributed by atoms with Crippen LogP contribution in [-0.2, 0) is 13.1 Å². The van der Waals surface area contributed by atoms with Crippen LogP contribution in [0, 0.1) is 4.77 Å². The maximum absolute atomic E-state index is 12.3. The fraction of sp³-hybridized carbons (Fsp3) is 0.333. The molecule has 1 aliphatic heterocycles. The number of aromatic nitrogens is 3. The summed E-state index contributed by atoms with van der Waals surface area (Å²) >= 11 is 11.4. The van der Waals surface area contributed by atoms with Crippen LogP contribution in [0.3, 0.4) is 0 Å². The van der Waals surface area contributed by atoms with Gasteiger partial charge in [-0.1, -0.05) is 17.7 Å². The lowest BCUT2D eigenvalue weighted by atomic mass is 10.3. The molecule has 0 unspecified atom stereocenters. The van der Waals surface area contributed by atoms with Crippen molar-refractivity contribution in [1.82, 2.24) is 13.9 Å². The van der Waals surface area contributed by atoms with Gasteiger partial charge in [0.2, 0.25) is 4.77 Å². The second-order valence-electron chi connectivity index (χ2n) is 4.33. The van der Waals surface area contributed by atoms with Gasteiger partial charge in [0.1, 0.15) is 0 Å². The molecule has 3 rings (SSSR count). The Morgan fingerprint density at radius 1 is 1.17 bits per heavy atom. The predicted octanol–water partition coefficient (Wildman–Crippen LogP) is 2.62. The summed E-state index contributed by atoms with van der Waals surface area (Å²) in [5, 5.41) is 0.600. The molecule has 4 nitrogen and oxygen atoms in total. The highest BCUT2D eigenvalue weighted by Crippen LogP contribution is 2.15. The standard InChI is InChI=1S/C12H12ClN3OS/c13-9-4-3-5-10(8-9)16-11(17)14-6-1-2-7-15(14)12(16)18/h3-5,8H,1-2,6-7H2. The van der Waals surface area contributed by atoms with Crippen molar-refractivity contribution >= 4 is 23.8 Å². The number of hydrogen-bond acceptors (Lipinski definition) is 2. The lowest BCUT2D eigenvalue weighted by molar-refractivity contribution is 0.352. The van der Waals surface area contributed by atoms with Gasteiger partial charge in [0.15, 0.2) is 0 Å². The quantitative estimate of drug-likeness (QED) is 0.753. The van der Waals surface area contributed by atoms with E-state index in [1.807, 2.05) is 16.8 Å². The van der Waals surface area contributed by atoms with E-state index in [-0.39, 0.29) is 5.69 Å². The van der Waals surface area contributed by atoms with Crippen LogP contribution in [0.4, 0.5) is 0 Å². The van der Waals surface area contributed by atoms with Crippen LogP contribution in [0.1, 0.15) is 12.8 Å². The summed E-state index contributed by atoms with van der Waals surface area (Å²) in [5.74, 6) is 0. The van der Waals surface area contributed by atoms with Crippen LogP contribution in [0.15, 0.2) is 29.1 Å². The van der Waals surface area contributed by atoms with Gasteiger partial charge >= 0.3 is 5.69 Å². The van der Waals surface area contributed by atoms with Crippen molar-refractivity contribution < 1.29 is 0 Å². The molecule has 0 amide bonds. The van der Waals surface area contributed by atoms with Crippen LogP contribution in [-0.4, -0.2) is 13.9 Å². The predicted molar refractivity (Wildman–Crippen MR) is 73.1 cm³/mol. The Labute approximate surface area is 114 Å². The van der Waals surface area contributed by atoms with Crippen LogP contribution >= 0.6 is 23.8 Å². The molecule has 0 bridgehead atoms. The molecule has 94 valence electrons. The molecule has 2 aromatic rings. The summed E-state index contributed by atoms with van der Waals surface area (Å²) in [5.41, 5.74) is 0.647. The summed E-state index contributed by atoms with van der Waals surface area (Å²) < 4.78 is 5.68. The molecular weight excluding hydrogens is 270 g/mol. The smallest absolute Gasteiger partial charge is 0.256 e. The molecule has 1 aromatic heterocycles. The molecule has 0 fully saturated rings. The lowest BCUT2D eigenvalue weighted by Gasteiger charge is -2.14. The molecule has 2 heterocycles. The number of nitrogens with zero attached hydrogens (tertiary/aromatic N) is 3. The van der Waals surface area contributed by atoms with Gasteiger partial charge in [-0.05, 0) is 43.3 Å². The summed E-state index contributed by atoms with van der Waals surface area (Å²) in [6.07, 6.45) is 2.08. The Balaban J connectivity index is 2.28. The molecule has 1 aromatic carbocycles. The summed E-state index contributed by atoms with van der Waals surface area (Å²) in [4.78, 5) is 12.3. The molecule has 6 heteroatoms. The highest BCUT2D eigenvalue weighted by molar-refractivity contribution is 7.71. The average Bonchev–Trinajstić information content (AvgIpc) is 2.63. The third-order valence-corrected chi connectivity index (χ3v) is 3.80. The largest absolute Gasteiger partial charge is 0.349 e. The fourth-order valence-corrected chi connectivity index (χ4v) is 2.87. The Hall–Kier alpha value is -1.33. The zero-order valence-electron chi connectivity index (χ0n) is 9.67. The van der Waals surface area contributed by atoms with Gasteiger partial charge in [0.05, 0.1) is 5.69 Å². The maximum atomic E-state index is 12.3. The molecule has 0 saturated heterocycles. The fourth-order valence-electron chi connectivity index (χ4n) is 2.31. The number of fused-ring (bicyclic) bond motifs is 1. The van der Waals surface area contributed by atoms with Crippen molar-refractivity contribution in [1.29, 1.82) is 0 Å². The van der Waals surface area contributed by atoms with Crippen molar-refractivity contribution in [2.75, 3.05) is 0 Å². The van der Waals surface area contributed by atoms with Gasteiger partial charge in [-0.15, -0.1) is 0 Å². The first kappa shape index (κ1) is 11.7. The van der Waals surface area contributed by atoms with Gasteiger partial charge in [-0.25, -0.2) is 14.0 Å². The van der Waals surface area contributed by atoms with E-state index in [1.165, 1.54) is 0 Å². The number of rotatable bonds is 1. The first-order valence-corrected chi connectivity index (χ1v) is 6.66. The number of benzene rings is 1. The van der Waals surface area contributed by atoms with E-state index >= 15 is 0 Å². The lowest BCUT2D eigenvalue weighted by Crippen LogP contribution is -2.29. The normalized spacial score (nSPS) is 14.5. The van der Waals surface area contributed by atoms with Crippen molar-refractivity contribution in [3.8, 4) is 5.69 Å². The number of halogens is 1. The maximum Gasteiger partial charge on any atom is 0.349 e. The van der Waals surface area contributed by atoms with E-state index in [0.29, 0.717) is 9.79 Å². The van der Waals surface area contributed by atoms with Gasteiger partial charge in [0.25, 0.3) is 0 Å². The molecule has 0 aliphatic carbocycles. The Morgan fingerprint density at radius 3 is 2.56 bits per heavy atom. The average molecular weight is 282 g/mol. The Kier molecular flexibility index (Phi) is 2.87. The first-order chi connectivity index (χ1) is 8.68. The Morgan fingerprint density at radius 2 is 1.89 bits per heavy atom. The highest BCUT2D eigenvalue weighted by atomic mass is 35.5. The van der Waals surface area contributed by atoms with Crippen molar-refractivity contribution in [3.05, 3.63) is 44.5 Å². The van der Waals surface area contributed by atoms with E-state index in [0.717, 1.165) is 31.6 Å². The SMILES string of the molecule is O=c1n(-c2cccc(Cl)c2)c(=S)n2n1CCCC2. The minimum atomic E-state index is -0.0815. The van der Waals surface area contributed by atoms with Crippen LogP contribution in [0.2, 0.25) is 5.02 Å². The summed E-state index contributed by atoms with van der Waals surface area (Å²) in [6.45, 7) is 1.54. The van der Waals surface area contributed by atoms with Crippen molar-refractivity contribution in [3.63, 3.8) is 0 Å². The van der Waals surface area contributed by atoms with Gasteiger partial charge in [-0.2, -0.15) is 0 Å². The monoisotopic (exact) mass is 281 g/mol. The zero-order chi connectivity index (χ0) is 12.7. The molecule has 0 atom stereocenters. The molecule has 0 radical (unpaired) electrons. The van der Waals surface area contributed by atoms with Crippen molar-refractivity contribution in [2.24, 2.45) is 0 Å². The van der Waals surface area contributed by atoms with E-state index in [4.69, 9.17) is 23.8 Å². The Bertz CT molecular complexity index is 675. The molecule has 0 spiro atoms. The van der Waals surface area contributed by atoms with Crippen molar-refractivity contribution in [2.45, 2.75) is 25.9 Å². The van der Waals surface area contributed by atoms with Crippen LogP contribution < -0.4 is 5.69 Å². The first-order valence-electron chi connectivity index (χ1n) is 5.87. The molecule has 0 N–H and O–H groups in total. The van der Waals surface area contributed by atoms with Crippen LogP contribution in [0.25, 0.3) is 5.69 Å². The minimum absolute atomic E-state index is 0.0815. The zero-order valence-corrected chi connectivity index (χ0v) is 11.2. The second-order valence-corrected chi connectivity index (χ2v) is 5.14. The van der Waals surface area contributed by atoms with E-state index in [9.17, 15) is 4.79 Å². The molecule has 1 aliphatic rings.